The molecule has 0 aliphatic carbocycles. The molecule has 0 radical (unpaired) electrons. The van der Waals surface area contributed by atoms with Crippen molar-refractivity contribution in [2.45, 2.75) is 20.0 Å². The van der Waals surface area contributed by atoms with Crippen LogP contribution < -0.4 is 15.0 Å². The standard InChI is InChI=1S/C19H18N4O7/c1-3-29-19(26)12-6-4-5-7-13(12)20-16(24)10-22-17-14(30-11(2)18(22)25)8-9-15(21-17)23(27)28/h4-9,11H,3,10H2,1-2H3,(H,20,24). The average molecular weight is 414 g/mol. The van der Waals surface area contributed by atoms with Crippen LogP contribution in [0.25, 0.3) is 0 Å². The lowest BCUT2D eigenvalue weighted by Gasteiger charge is -2.28. The van der Waals surface area contributed by atoms with E-state index in [-0.39, 0.29) is 29.4 Å². The first kappa shape index (κ1) is 20.7. The van der Waals surface area contributed by atoms with Crippen LogP contribution in [-0.4, -0.2) is 46.9 Å². The first-order valence-electron chi connectivity index (χ1n) is 9.01. The van der Waals surface area contributed by atoms with Crippen LogP contribution >= 0.6 is 0 Å². The molecule has 156 valence electrons. The van der Waals surface area contributed by atoms with Crippen molar-refractivity contribution in [1.82, 2.24) is 4.98 Å². The van der Waals surface area contributed by atoms with Crippen LogP contribution in [0.5, 0.6) is 5.75 Å². The summed E-state index contributed by atoms with van der Waals surface area (Å²) in [6, 6.07) is 8.73. The number of hydrogen-bond donors (Lipinski definition) is 1. The fourth-order valence-electron chi connectivity index (χ4n) is 2.84. The summed E-state index contributed by atoms with van der Waals surface area (Å²) in [6.45, 7) is 2.84. The van der Waals surface area contributed by atoms with Crippen LogP contribution in [0.15, 0.2) is 36.4 Å². The molecule has 2 aromatic rings. The van der Waals surface area contributed by atoms with Crippen molar-refractivity contribution in [3.05, 3.63) is 52.1 Å². The van der Waals surface area contributed by atoms with Gasteiger partial charge in [0.25, 0.3) is 11.7 Å². The van der Waals surface area contributed by atoms with Crippen molar-refractivity contribution in [1.29, 1.82) is 0 Å². The molecular weight excluding hydrogens is 396 g/mol. The second kappa shape index (κ2) is 8.55. The number of amides is 2. The van der Waals surface area contributed by atoms with Crippen LogP contribution in [0.1, 0.15) is 24.2 Å². The number of rotatable bonds is 6. The molecule has 2 amide bonds. The number of hydrogen-bond acceptors (Lipinski definition) is 8. The van der Waals surface area contributed by atoms with Gasteiger partial charge >= 0.3 is 11.8 Å². The van der Waals surface area contributed by atoms with Gasteiger partial charge < -0.3 is 24.9 Å². The maximum absolute atomic E-state index is 12.6. The number of esters is 1. The predicted molar refractivity (Wildman–Crippen MR) is 104 cm³/mol. The van der Waals surface area contributed by atoms with E-state index in [2.05, 4.69) is 10.3 Å². The molecule has 0 saturated carbocycles. The molecule has 3 rings (SSSR count). The predicted octanol–water partition coefficient (Wildman–Crippen LogP) is 1.92. The molecule has 30 heavy (non-hydrogen) atoms. The lowest BCUT2D eigenvalue weighted by molar-refractivity contribution is -0.389. The van der Waals surface area contributed by atoms with Crippen LogP contribution in [-0.2, 0) is 14.3 Å². The third-order valence-corrected chi connectivity index (χ3v) is 4.18. The number of anilines is 2. The molecule has 1 aliphatic rings. The van der Waals surface area contributed by atoms with Gasteiger partial charge in [-0.2, -0.15) is 0 Å². The number of ether oxygens (including phenoxy) is 2. The summed E-state index contributed by atoms with van der Waals surface area (Å²) in [4.78, 5) is 52.4. The number of carbonyl (C=O) groups is 3. The summed E-state index contributed by atoms with van der Waals surface area (Å²) in [6.07, 6.45) is -0.902. The molecule has 1 atom stereocenters. The summed E-state index contributed by atoms with van der Waals surface area (Å²) in [5, 5.41) is 13.6. The molecule has 1 unspecified atom stereocenters. The first-order valence-corrected chi connectivity index (χ1v) is 9.01. The Morgan fingerprint density at radius 3 is 2.73 bits per heavy atom. The summed E-state index contributed by atoms with van der Waals surface area (Å²) < 4.78 is 10.4. The van der Waals surface area contributed by atoms with E-state index in [1.54, 1.807) is 19.1 Å². The van der Waals surface area contributed by atoms with Gasteiger partial charge in [0.15, 0.2) is 11.9 Å². The van der Waals surface area contributed by atoms with Crippen molar-refractivity contribution in [3.63, 3.8) is 0 Å². The van der Waals surface area contributed by atoms with Crippen LogP contribution in [0.4, 0.5) is 17.3 Å². The van der Waals surface area contributed by atoms with Crippen molar-refractivity contribution < 1.29 is 28.8 Å². The Morgan fingerprint density at radius 2 is 2.03 bits per heavy atom. The van der Waals surface area contributed by atoms with Gasteiger partial charge in [-0.25, -0.2) is 4.79 Å². The number of pyridine rings is 1. The molecule has 1 aliphatic heterocycles. The third kappa shape index (κ3) is 4.19. The molecule has 0 fully saturated rings. The molecular formula is C19H18N4O7. The highest BCUT2D eigenvalue weighted by Crippen LogP contribution is 2.33. The number of fused-ring (bicyclic) bond motifs is 1. The topological polar surface area (TPSA) is 141 Å². The van der Waals surface area contributed by atoms with Crippen LogP contribution in [0.2, 0.25) is 0 Å². The van der Waals surface area contributed by atoms with E-state index in [0.29, 0.717) is 0 Å². The van der Waals surface area contributed by atoms with Gasteiger partial charge in [0, 0.05) is 6.07 Å². The van der Waals surface area contributed by atoms with Gasteiger partial charge in [0.2, 0.25) is 5.91 Å². The van der Waals surface area contributed by atoms with Crippen molar-refractivity contribution in [3.8, 4) is 5.75 Å². The van der Waals surface area contributed by atoms with Gasteiger partial charge in [-0.05, 0) is 42.0 Å². The lowest BCUT2D eigenvalue weighted by Crippen LogP contribution is -2.48. The summed E-state index contributed by atoms with van der Waals surface area (Å²) in [5.74, 6) is -2.28. The summed E-state index contributed by atoms with van der Waals surface area (Å²) in [5.41, 5.74) is 0.366. The van der Waals surface area contributed by atoms with Crippen molar-refractivity contribution >= 4 is 35.1 Å². The number of nitrogens with one attached hydrogen (secondary N) is 1. The number of para-hydroxylation sites is 1. The first-order chi connectivity index (χ1) is 14.3. The minimum atomic E-state index is -0.902. The Labute approximate surface area is 170 Å². The second-order valence-electron chi connectivity index (χ2n) is 6.25. The number of benzene rings is 1. The monoisotopic (exact) mass is 414 g/mol. The molecule has 0 bridgehead atoms. The molecule has 11 heteroatoms. The highest BCUT2D eigenvalue weighted by atomic mass is 16.6. The molecule has 0 spiro atoms. The third-order valence-electron chi connectivity index (χ3n) is 4.18. The summed E-state index contributed by atoms with van der Waals surface area (Å²) >= 11 is 0. The van der Waals surface area contributed by atoms with E-state index in [0.717, 1.165) is 11.0 Å². The van der Waals surface area contributed by atoms with E-state index < -0.39 is 41.2 Å². The number of nitrogens with zero attached hydrogens (tertiary/aromatic N) is 3. The minimum absolute atomic E-state index is 0.124. The Bertz CT molecular complexity index is 1020. The smallest absolute Gasteiger partial charge is 0.366 e. The highest BCUT2D eigenvalue weighted by molar-refractivity contribution is 6.07. The normalized spacial score (nSPS) is 15.1. The second-order valence-corrected chi connectivity index (χ2v) is 6.25. The quantitative estimate of drug-likeness (QED) is 0.429. The van der Waals surface area contributed by atoms with E-state index in [9.17, 15) is 24.5 Å². The molecule has 1 N–H and O–H groups in total. The maximum atomic E-state index is 12.6. The number of aromatic nitrogens is 1. The van der Waals surface area contributed by atoms with Crippen LogP contribution in [0, 0.1) is 10.1 Å². The molecule has 0 saturated heterocycles. The van der Waals surface area contributed by atoms with Gasteiger partial charge in [-0.15, -0.1) is 0 Å². The van der Waals surface area contributed by atoms with E-state index in [1.807, 2.05) is 0 Å². The van der Waals surface area contributed by atoms with E-state index in [4.69, 9.17) is 9.47 Å². The fourth-order valence-corrected chi connectivity index (χ4v) is 2.84. The van der Waals surface area contributed by atoms with Crippen molar-refractivity contribution in [2.24, 2.45) is 0 Å². The Morgan fingerprint density at radius 1 is 1.30 bits per heavy atom. The fraction of sp³-hybridized carbons (Fsp3) is 0.263. The lowest BCUT2D eigenvalue weighted by atomic mass is 10.1. The zero-order valence-corrected chi connectivity index (χ0v) is 16.2. The van der Waals surface area contributed by atoms with Gasteiger partial charge in [-0.1, -0.05) is 12.1 Å². The average Bonchev–Trinajstić information content (AvgIpc) is 2.71. The molecule has 1 aromatic heterocycles. The van der Waals surface area contributed by atoms with E-state index in [1.165, 1.54) is 25.1 Å². The Hall–Kier alpha value is -4.02. The summed E-state index contributed by atoms with van der Waals surface area (Å²) in [7, 11) is 0. The molecule has 1 aromatic carbocycles. The van der Waals surface area contributed by atoms with Crippen LogP contribution in [0.3, 0.4) is 0 Å². The SMILES string of the molecule is CCOC(=O)c1ccccc1NC(=O)CN1C(=O)C(C)Oc2ccc([N+](=O)[O-])nc21. The van der Waals surface area contributed by atoms with Gasteiger partial charge in [0.05, 0.1) is 17.9 Å². The number of nitro groups is 1. The minimum Gasteiger partial charge on any atom is -0.475 e. The van der Waals surface area contributed by atoms with E-state index >= 15 is 0 Å². The molecule has 2 heterocycles. The largest absolute Gasteiger partial charge is 0.475 e. The number of carbonyl (C=O) groups excluding carboxylic acids is 3. The zero-order valence-electron chi connectivity index (χ0n) is 16.2. The Kier molecular flexibility index (Phi) is 5.90. The van der Waals surface area contributed by atoms with Gasteiger partial charge in [-0.3, -0.25) is 14.5 Å². The zero-order chi connectivity index (χ0) is 21.8. The van der Waals surface area contributed by atoms with Gasteiger partial charge in [0.1, 0.15) is 6.54 Å². The van der Waals surface area contributed by atoms with Crippen molar-refractivity contribution in [2.75, 3.05) is 23.4 Å². The Balaban J connectivity index is 1.85. The highest BCUT2D eigenvalue weighted by Gasteiger charge is 2.38. The molecule has 11 nitrogen and oxygen atoms in total. The maximum Gasteiger partial charge on any atom is 0.366 e.